The number of aryl methyl sites for hydroxylation is 4. The van der Waals surface area contributed by atoms with Gasteiger partial charge in [-0.25, -0.2) is 0 Å². The molecule has 6 fully saturated rings. The van der Waals surface area contributed by atoms with Gasteiger partial charge in [0, 0.05) is 38.0 Å². The molecule has 2 aromatic carbocycles. The Morgan fingerprint density at radius 3 is 1.60 bits per heavy atom. The molecule has 9 nitrogen and oxygen atoms in total. The van der Waals surface area contributed by atoms with E-state index in [1.54, 1.807) is 0 Å². The molecule has 6 aliphatic carbocycles. The highest BCUT2D eigenvalue weighted by Crippen LogP contribution is 2.56. The van der Waals surface area contributed by atoms with Crippen molar-refractivity contribution in [2.45, 2.75) is 163 Å². The first-order valence-electron chi connectivity index (χ1n) is 22.4. The van der Waals surface area contributed by atoms with Crippen LogP contribution in [0, 0.1) is 61.7 Å². The van der Waals surface area contributed by atoms with E-state index in [9.17, 15) is 24.3 Å². The minimum atomic E-state index is -0.569. The number of benzene rings is 2. The fraction of sp³-hybridized carbons (Fsp3) is 0.673. The number of hydrogen-bond acceptors (Lipinski definition) is 8. The number of esters is 2. The number of carboxylic acid groups (broad SMARTS) is 1. The zero-order valence-corrected chi connectivity index (χ0v) is 36.2. The number of nitrogens with one attached hydrogen (secondary N) is 2. The van der Waals surface area contributed by atoms with Gasteiger partial charge in [-0.1, -0.05) is 66.8 Å². The van der Waals surface area contributed by atoms with Gasteiger partial charge < -0.3 is 25.2 Å². The van der Waals surface area contributed by atoms with Crippen molar-refractivity contribution < 1.29 is 33.8 Å². The van der Waals surface area contributed by atoms with Crippen LogP contribution in [0.15, 0.2) is 36.4 Å². The molecule has 0 aliphatic heterocycles. The van der Waals surface area contributed by atoms with Gasteiger partial charge in [0.1, 0.15) is 5.78 Å². The first kappa shape index (κ1) is 44.0. The molecule has 8 unspecified atom stereocenters. The molecule has 0 heterocycles. The Bertz CT molecular complexity index is 1810. The second kappa shape index (κ2) is 18.8. The van der Waals surface area contributed by atoms with Crippen LogP contribution in [0.4, 0.5) is 0 Å². The summed E-state index contributed by atoms with van der Waals surface area (Å²) >= 11 is 0. The molecule has 58 heavy (non-hydrogen) atoms. The normalized spacial score (nSPS) is 31.7. The van der Waals surface area contributed by atoms with Crippen LogP contribution >= 0.6 is 0 Å². The molecule has 0 amide bonds. The molecule has 0 saturated heterocycles. The third-order valence-corrected chi connectivity index (χ3v) is 15.2. The molecule has 6 aliphatic rings. The van der Waals surface area contributed by atoms with E-state index in [2.05, 4.69) is 74.7 Å². The lowest BCUT2D eigenvalue weighted by Crippen LogP contribution is -2.34. The van der Waals surface area contributed by atoms with Gasteiger partial charge in [-0.3, -0.25) is 19.2 Å². The smallest absolute Gasteiger partial charge is 0.312 e. The summed E-state index contributed by atoms with van der Waals surface area (Å²) in [6, 6.07) is 14.0. The summed E-state index contributed by atoms with van der Waals surface area (Å²) in [5.41, 5.74) is 6.88. The maximum absolute atomic E-state index is 12.5. The van der Waals surface area contributed by atoms with Gasteiger partial charge in [0.25, 0.3) is 0 Å². The summed E-state index contributed by atoms with van der Waals surface area (Å²) in [6.07, 6.45) is 14.3. The average Bonchev–Trinajstić information content (AvgIpc) is 4.01. The minimum Gasteiger partial charge on any atom is -0.481 e. The maximum atomic E-state index is 12.5. The van der Waals surface area contributed by atoms with Crippen molar-refractivity contribution in [2.24, 2.45) is 34.0 Å². The van der Waals surface area contributed by atoms with Gasteiger partial charge in [-0.2, -0.15) is 0 Å². The Morgan fingerprint density at radius 2 is 1.12 bits per heavy atom. The molecule has 0 spiro atoms. The van der Waals surface area contributed by atoms with Crippen LogP contribution in [0.2, 0.25) is 0 Å². The summed E-state index contributed by atoms with van der Waals surface area (Å²) < 4.78 is 10.5. The zero-order valence-electron chi connectivity index (χ0n) is 36.2. The van der Waals surface area contributed by atoms with Gasteiger partial charge >= 0.3 is 17.9 Å². The number of carbonyl (C=O) groups is 4. The predicted molar refractivity (Wildman–Crippen MR) is 226 cm³/mol. The third kappa shape index (κ3) is 9.26. The average molecular weight is 799 g/mol. The fourth-order valence-electron chi connectivity index (χ4n) is 12.1. The van der Waals surface area contributed by atoms with Crippen molar-refractivity contribution >= 4 is 23.7 Å². The number of ether oxygens (including phenoxy) is 2. The maximum Gasteiger partial charge on any atom is 0.312 e. The lowest BCUT2D eigenvalue weighted by atomic mass is 9.80. The van der Waals surface area contributed by atoms with Crippen LogP contribution in [-0.2, 0) is 41.7 Å². The van der Waals surface area contributed by atoms with Crippen LogP contribution in [0.5, 0.6) is 0 Å². The molecular weight excluding hydrogens is 729 g/mol. The van der Waals surface area contributed by atoms with E-state index in [-0.39, 0.29) is 29.1 Å². The van der Waals surface area contributed by atoms with Crippen LogP contribution < -0.4 is 10.6 Å². The first-order chi connectivity index (χ1) is 27.7. The minimum absolute atomic E-state index is 0.0540. The SMILES string of the molecule is CCOC(=O)C12CCCC1CC(=O)C2.CCOC(=O)C12CCCC1CC(NCc1ccc(C)cc1C)C2.Cc1ccc(CNC2CC3CCCC3(C(=O)O)C2)c(C)c1. The van der Waals surface area contributed by atoms with Crippen molar-refractivity contribution in [3.63, 3.8) is 0 Å². The zero-order chi connectivity index (χ0) is 41.7. The molecule has 0 radical (unpaired) electrons. The van der Waals surface area contributed by atoms with E-state index >= 15 is 0 Å². The van der Waals surface area contributed by atoms with Crippen LogP contribution in [0.3, 0.4) is 0 Å². The van der Waals surface area contributed by atoms with E-state index < -0.39 is 16.8 Å². The van der Waals surface area contributed by atoms with E-state index in [4.69, 9.17) is 9.47 Å². The molecule has 8 rings (SSSR count). The number of hydrogen-bond donors (Lipinski definition) is 3. The summed E-state index contributed by atoms with van der Waals surface area (Å²) in [4.78, 5) is 47.4. The van der Waals surface area contributed by atoms with Gasteiger partial charge in [0.2, 0.25) is 0 Å². The summed E-state index contributed by atoms with van der Waals surface area (Å²) in [7, 11) is 0. The van der Waals surface area contributed by atoms with Gasteiger partial charge in [-0.05, 0) is 146 Å². The molecular formula is C49H70N2O7. The molecule has 318 valence electrons. The quantitative estimate of drug-likeness (QED) is 0.191. The van der Waals surface area contributed by atoms with E-state index in [1.807, 2.05) is 13.8 Å². The number of fused-ring (bicyclic) bond motifs is 3. The molecule has 6 saturated carbocycles. The Kier molecular flexibility index (Phi) is 14.3. The lowest BCUT2D eigenvalue weighted by molar-refractivity contribution is -0.157. The van der Waals surface area contributed by atoms with Gasteiger partial charge in [0.05, 0.1) is 29.5 Å². The Labute approximate surface area is 347 Å². The van der Waals surface area contributed by atoms with Crippen LogP contribution in [-0.4, -0.2) is 54.1 Å². The van der Waals surface area contributed by atoms with Crippen molar-refractivity contribution in [1.82, 2.24) is 10.6 Å². The topological polar surface area (TPSA) is 131 Å². The fourth-order valence-corrected chi connectivity index (χ4v) is 12.1. The highest BCUT2D eigenvalue weighted by atomic mass is 16.5. The number of carbonyl (C=O) groups excluding carboxylic acids is 3. The van der Waals surface area contributed by atoms with Crippen molar-refractivity contribution in [3.8, 4) is 0 Å². The highest BCUT2D eigenvalue weighted by Gasteiger charge is 2.57. The molecule has 9 heteroatoms. The number of Topliss-reactive ketones (excluding diaryl/α,β-unsaturated/α-hetero) is 1. The monoisotopic (exact) mass is 799 g/mol. The Balaban J connectivity index is 0.000000151. The number of aliphatic carboxylic acids is 1. The largest absolute Gasteiger partial charge is 0.481 e. The molecule has 3 N–H and O–H groups in total. The first-order valence-corrected chi connectivity index (χ1v) is 22.4. The van der Waals surface area contributed by atoms with Gasteiger partial charge in [0.15, 0.2) is 0 Å². The van der Waals surface area contributed by atoms with E-state index in [1.165, 1.54) is 46.2 Å². The molecule has 2 aromatic rings. The van der Waals surface area contributed by atoms with Crippen molar-refractivity contribution in [2.75, 3.05) is 13.2 Å². The van der Waals surface area contributed by atoms with Gasteiger partial charge in [-0.15, -0.1) is 0 Å². The Hall–Kier alpha value is -3.56. The number of carboxylic acids is 1. The second-order valence-corrected chi connectivity index (χ2v) is 18.8. The summed E-state index contributed by atoms with van der Waals surface area (Å²) in [5, 5.41) is 16.9. The predicted octanol–water partition coefficient (Wildman–Crippen LogP) is 9.03. The van der Waals surface area contributed by atoms with Crippen LogP contribution in [0.1, 0.15) is 144 Å². The van der Waals surface area contributed by atoms with Crippen molar-refractivity contribution in [1.29, 1.82) is 0 Å². The molecule has 8 atom stereocenters. The number of rotatable bonds is 11. The molecule has 0 aromatic heterocycles. The molecule has 0 bridgehead atoms. The Morgan fingerprint density at radius 1 is 0.672 bits per heavy atom. The van der Waals surface area contributed by atoms with Crippen molar-refractivity contribution in [3.05, 3.63) is 69.8 Å². The standard InChI is InChI=1S/C20H29NO2.C18H25NO2.C11H16O3/c1-4-23-19(22)20-9-5-6-17(20)11-18(12-20)21-13-16-8-7-14(2)10-15(16)3;1-12-5-6-14(13(2)8-12)11-19-16-9-15-4-3-7-18(15,10-16)17(20)21;1-2-14-10(13)11-5-3-4-8(11)6-9(12)7-11/h7-8,10,17-18,21H,4-6,9,11-13H2,1-3H3;5-6,8,15-16,19H,3-4,7,9-11H2,1-2H3,(H,20,21);8H,2-7H2,1H3. The highest BCUT2D eigenvalue weighted by molar-refractivity contribution is 5.91. The summed E-state index contributed by atoms with van der Waals surface area (Å²) in [5.74, 6) is 0.758. The second-order valence-electron chi connectivity index (χ2n) is 18.8. The summed E-state index contributed by atoms with van der Waals surface area (Å²) in [6.45, 7) is 14.9. The number of ketones is 1. The third-order valence-electron chi connectivity index (χ3n) is 15.2. The van der Waals surface area contributed by atoms with E-state index in [0.717, 1.165) is 83.7 Å². The lowest BCUT2D eigenvalue weighted by Gasteiger charge is -2.26. The van der Waals surface area contributed by atoms with Crippen LogP contribution in [0.25, 0.3) is 0 Å². The van der Waals surface area contributed by atoms with E-state index in [0.29, 0.717) is 50.0 Å².